The third kappa shape index (κ3) is 3.13. The van der Waals surface area contributed by atoms with E-state index in [0.29, 0.717) is 6.04 Å². The molecule has 6 nitrogen and oxygen atoms in total. The van der Waals surface area contributed by atoms with E-state index in [1.54, 1.807) is 6.07 Å². The number of nitrogens with zero attached hydrogens (tertiary/aromatic N) is 3. The van der Waals surface area contributed by atoms with E-state index in [4.69, 9.17) is 0 Å². The largest absolute Gasteiger partial charge is 0.379 e. The van der Waals surface area contributed by atoms with Gasteiger partial charge >= 0.3 is 5.82 Å². The molecule has 0 aromatic carbocycles. The lowest BCUT2D eigenvalue weighted by molar-refractivity contribution is -0.389. The van der Waals surface area contributed by atoms with Gasteiger partial charge in [0.25, 0.3) is 0 Å². The lowest BCUT2D eigenvalue weighted by atomic mass is 10.1. The summed E-state index contributed by atoms with van der Waals surface area (Å²) < 4.78 is 0. The third-order valence-electron chi connectivity index (χ3n) is 3.02. The van der Waals surface area contributed by atoms with Crippen molar-refractivity contribution in [1.82, 2.24) is 9.88 Å². The fraction of sp³-hybridized carbons (Fsp3) is 0.545. The van der Waals surface area contributed by atoms with Gasteiger partial charge in [-0.05, 0) is 49.0 Å². The molecule has 0 radical (unpaired) electrons. The minimum absolute atomic E-state index is 0.112. The third-order valence-corrected chi connectivity index (χ3v) is 3.02. The molecule has 1 aliphatic rings. The lowest BCUT2D eigenvalue weighted by Gasteiger charge is -2.29. The van der Waals surface area contributed by atoms with E-state index >= 15 is 0 Å². The minimum atomic E-state index is -0.487. The fourth-order valence-corrected chi connectivity index (χ4v) is 1.97. The molecule has 0 unspecified atom stereocenters. The standard InChI is InChI=1S/C11H16N4O2/c1-14-6-4-9(5-7-14)13-10-2-3-11(12-8-10)15(16)17/h2-3,8-9,13H,4-7H2,1H3. The molecule has 2 heterocycles. The van der Waals surface area contributed by atoms with Crippen LogP contribution in [-0.4, -0.2) is 41.0 Å². The van der Waals surface area contributed by atoms with Crippen molar-refractivity contribution in [2.75, 3.05) is 25.5 Å². The maximum absolute atomic E-state index is 10.5. The van der Waals surface area contributed by atoms with Gasteiger partial charge in [-0.15, -0.1) is 0 Å². The number of rotatable bonds is 3. The van der Waals surface area contributed by atoms with Crippen LogP contribution in [-0.2, 0) is 0 Å². The van der Waals surface area contributed by atoms with E-state index in [1.807, 2.05) is 0 Å². The Kier molecular flexibility index (Phi) is 3.53. The Balaban J connectivity index is 1.92. The molecule has 2 rings (SSSR count). The van der Waals surface area contributed by atoms with Crippen LogP contribution in [0.25, 0.3) is 0 Å². The van der Waals surface area contributed by atoms with Gasteiger partial charge in [-0.25, -0.2) is 0 Å². The molecule has 0 amide bonds. The predicted octanol–water partition coefficient (Wildman–Crippen LogP) is 1.50. The number of hydrogen-bond acceptors (Lipinski definition) is 5. The molecule has 1 aliphatic heterocycles. The van der Waals surface area contributed by atoms with Gasteiger partial charge in [-0.3, -0.25) is 0 Å². The van der Waals surface area contributed by atoms with E-state index < -0.39 is 4.92 Å². The first kappa shape index (κ1) is 11.8. The normalized spacial score (nSPS) is 17.9. The summed E-state index contributed by atoms with van der Waals surface area (Å²) >= 11 is 0. The summed E-state index contributed by atoms with van der Waals surface area (Å²) in [6.45, 7) is 2.16. The Morgan fingerprint density at radius 3 is 2.71 bits per heavy atom. The van der Waals surface area contributed by atoms with Gasteiger partial charge in [0.2, 0.25) is 0 Å². The number of pyridine rings is 1. The van der Waals surface area contributed by atoms with Crippen molar-refractivity contribution >= 4 is 11.5 Å². The maximum Gasteiger partial charge on any atom is 0.363 e. The lowest BCUT2D eigenvalue weighted by Crippen LogP contribution is -2.36. The highest BCUT2D eigenvalue weighted by Crippen LogP contribution is 2.16. The molecule has 6 heteroatoms. The first-order chi connectivity index (χ1) is 8.15. The molecule has 17 heavy (non-hydrogen) atoms. The topological polar surface area (TPSA) is 71.3 Å². The summed E-state index contributed by atoms with van der Waals surface area (Å²) in [5.41, 5.74) is 0.852. The Bertz CT molecular complexity index is 385. The van der Waals surface area contributed by atoms with E-state index in [0.717, 1.165) is 31.6 Å². The molecule has 1 aromatic heterocycles. The predicted molar refractivity (Wildman–Crippen MR) is 65.0 cm³/mol. The van der Waals surface area contributed by atoms with E-state index in [-0.39, 0.29) is 5.82 Å². The molecule has 1 saturated heterocycles. The fourth-order valence-electron chi connectivity index (χ4n) is 1.97. The number of hydrogen-bond donors (Lipinski definition) is 1. The van der Waals surface area contributed by atoms with Gasteiger partial charge in [0.1, 0.15) is 0 Å². The summed E-state index contributed by atoms with van der Waals surface area (Å²) in [4.78, 5) is 16.1. The molecule has 0 aliphatic carbocycles. The highest BCUT2D eigenvalue weighted by molar-refractivity contribution is 5.44. The van der Waals surface area contributed by atoms with E-state index in [1.165, 1.54) is 12.3 Å². The molecular formula is C11H16N4O2. The average Bonchev–Trinajstić information content (AvgIpc) is 2.33. The number of aromatic nitrogens is 1. The smallest absolute Gasteiger partial charge is 0.363 e. The zero-order valence-electron chi connectivity index (χ0n) is 9.80. The molecule has 0 saturated carbocycles. The van der Waals surface area contributed by atoms with Gasteiger partial charge in [0, 0.05) is 12.1 Å². The van der Waals surface area contributed by atoms with Gasteiger partial charge < -0.3 is 20.3 Å². The summed E-state index contributed by atoms with van der Waals surface area (Å²) in [6.07, 6.45) is 3.71. The number of nitrogens with one attached hydrogen (secondary N) is 1. The second-order valence-corrected chi connectivity index (χ2v) is 4.38. The van der Waals surface area contributed by atoms with Gasteiger partial charge in [0.15, 0.2) is 6.20 Å². The van der Waals surface area contributed by atoms with Crippen LogP contribution in [0.1, 0.15) is 12.8 Å². The maximum atomic E-state index is 10.5. The zero-order valence-corrected chi connectivity index (χ0v) is 9.80. The second-order valence-electron chi connectivity index (χ2n) is 4.38. The minimum Gasteiger partial charge on any atom is -0.379 e. The first-order valence-corrected chi connectivity index (χ1v) is 5.70. The highest BCUT2D eigenvalue weighted by Gasteiger charge is 2.17. The summed E-state index contributed by atoms with van der Waals surface area (Å²) in [7, 11) is 2.11. The molecule has 1 fully saturated rings. The molecule has 0 atom stereocenters. The van der Waals surface area contributed by atoms with Crippen LogP contribution in [0.2, 0.25) is 0 Å². The van der Waals surface area contributed by atoms with E-state index in [9.17, 15) is 10.1 Å². The second kappa shape index (κ2) is 5.09. The molecule has 1 N–H and O–H groups in total. The summed E-state index contributed by atoms with van der Waals surface area (Å²) in [5, 5.41) is 13.8. The first-order valence-electron chi connectivity index (χ1n) is 5.70. The van der Waals surface area contributed by atoms with Crippen molar-refractivity contribution < 1.29 is 4.92 Å². The summed E-state index contributed by atoms with van der Waals surface area (Å²) in [6, 6.07) is 3.58. The van der Waals surface area contributed by atoms with E-state index in [2.05, 4.69) is 22.2 Å². The number of piperidine rings is 1. The SMILES string of the molecule is CN1CCC(Nc2ccc([N+](=O)[O-])nc2)CC1. The number of anilines is 1. The van der Waals surface area contributed by atoms with Crippen LogP contribution >= 0.6 is 0 Å². The van der Waals surface area contributed by atoms with Crippen molar-refractivity contribution in [2.45, 2.75) is 18.9 Å². The Morgan fingerprint density at radius 2 is 2.18 bits per heavy atom. The van der Waals surface area contributed by atoms with Crippen LogP contribution in [0.3, 0.4) is 0 Å². The van der Waals surface area contributed by atoms with Crippen molar-refractivity contribution in [1.29, 1.82) is 0 Å². The number of nitro groups is 1. The van der Waals surface area contributed by atoms with Gasteiger partial charge in [-0.2, -0.15) is 0 Å². The quantitative estimate of drug-likeness (QED) is 0.636. The summed E-state index contributed by atoms with van der Waals surface area (Å²) in [5.74, 6) is -0.112. The Hall–Kier alpha value is -1.69. The van der Waals surface area contributed by atoms with Crippen LogP contribution in [0.4, 0.5) is 11.5 Å². The van der Waals surface area contributed by atoms with Crippen molar-refractivity contribution in [3.8, 4) is 0 Å². The Labute approximate surface area is 99.8 Å². The molecule has 0 bridgehead atoms. The highest BCUT2D eigenvalue weighted by atomic mass is 16.6. The molecule has 1 aromatic rings. The molecular weight excluding hydrogens is 220 g/mol. The average molecular weight is 236 g/mol. The Morgan fingerprint density at radius 1 is 1.47 bits per heavy atom. The van der Waals surface area contributed by atoms with Crippen LogP contribution in [0.5, 0.6) is 0 Å². The van der Waals surface area contributed by atoms with Crippen molar-refractivity contribution in [3.05, 3.63) is 28.4 Å². The monoisotopic (exact) mass is 236 g/mol. The van der Waals surface area contributed by atoms with Crippen LogP contribution < -0.4 is 5.32 Å². The van der Waals surface area contributed by atoms with Crippen LogP contribution in [0, 0.1) is 10.1 Å². The molecule has 0 spiro atoms. The van der Waals surface area contributed by atoms with Crippen molar-refractivity contribution in [3.63, 3.8) is 0 Å². The van der Waals surface area contributed by atoms with Crippen LogP contribution in [0.15, 0.2) is 18.3 Å². The zero-order chi connectivity index (χ0) is 12.3. The number of likely N-dealkylation sites (tertiary alicyclic amines) is 1. The van der Waals surface area contributed by atoms with Gasteiger partial charge in [-0.1, -0.05) is 0 Å². The van der Waals surface area contributed by atoms with Crippen molar-refractivity contribution in [2.24, 2.45) is 0 Å². The van der Waals surface area contributed by atoms with Gasteiger partial charge in [0.05, 0.1) is 5.69 Å². The molecule has 92 valence electrons.